The van der Waals surface area contributed by atoms with Crippen LogP contribution in [0.3, 0.4) is 0 Å². The maximum Gasteiger partial charge on any atom is 0.272 e. The lowest BCUT2D eigenvalue weighted by Gasteiger charge is -2.47. The molecule has 5 heterocycles. The number of rotatable bonds is 3. The highest BCUT2D eigenvalue weighted by Crippen LogP contribution is 2.42. The van der Waals surface area contributed by atoms with Crippen LogP contribution in [-0.2, 0) is 6.42 Å². The number of nitrogens with zero attached hydrogens (tertiary/aromatic N) is 3. The number of carbonyl (C=O) groups excluding carboxylic acids is 1. The maximum absolute atomic E-state index is 13.4. The zero-order valence-corrected chi connectivity index (χ0v) is 17.6. The smallest absolute Gasteiger partial charge is 0.272 e. The number of benzene rings is 1. The predicted molar refractivity (Wildman–Crippen MR) is 123 cm³/mol. The van der Waals surface area contributed by atoms with E-state index in [4.69, 9.17) is 0 Å². The second kappa shape index (κ2) is 7.48. The summed E-state index contributed by atoms with van der Waals surface area (Å²) >= 11 is 0. The molecule has 4 aromatic rings. The topological polar surface area (TPSA) is 71.0 Å². The summed E-state index contributed by atoms with van der Waals surface area (Å²) in [4.78, 5) is 35.9. The molecule has 0 aliphatic carbocycles. The molecule has 6 rings (SSSR count). The van der Waals surface area contributed by atoms with Crippen molar-refractivity contribution in [1.82, 2.24) is 19.4 Å². The first-order chi connectivity index (χ1) is 15.7. The quantitative estimate of drug-likeness (QED) is 0.544. The van der Waals surface area contributed by atoms with Crippen LogP contribution < -0.4 is 5.56 Å². The standard InChI is InChI=1S/C26H24N4O2/c31-24-8-4-7-22-19-14-20(23(30(22)24)13-17-5-2-1-3-6-17)16-29(15-19)26(32)21-10-9-18-11-12-27-25(18)28-21/h1-12,19-20,23H,13-16H2,(H,27,28)/t19-,20+,23+/m1/s1. The third-order valence-corrected chi connectivity index (χ3v) is 7.00. The van der Waals surface area contributed by atoms with E-state index in [2.05, 4.69) is 28.2 Å². The van der Waals surface area contributed by atoms with Crippen molar-refractivity contribution in [2.24, 2.45) is 5.92 Å². The van der Waals surface area contributed by atoms with Gasteiger partial charge in [0.05, 0.1) is 0 Å². The monoisotopic (exact) mass is 424 g/mol. The highest BCUT2D eigenvalue weighted by molar-refractivity contribution is 5.94. The number of fused-ring (bicyclic) bond motifs is 5. The van der Waals surface area contributed by atoms with E-state index in [1.165, 1.54) is 5.56 Å². The van der Waals surface area contributed by atoms with Gasteiger partial charge in [-0.25, -0.2) is 4.98 Å². The molecule has 2 aliphatic rings. The van der Waals surface area contributed by atoms with Gasteiger partial charge in [0.25, 0.3) is 11.5 Å². The number of aromatic amines is 1. The van der Waals surface area contributed by atoms with E-state index in [-0.39, 0.29) is 29.3 Å². The summed E-state index contributed by atoms with van der Waals surface area (Å²) in [6, 6.07) is 21.6. The molecule has 2 bridgehead atoms. The Morgan fingerprint density at radius 2 is 1.88 bits per heavy atom. The van der Waals surface area contributed by atoms with Gasteiger partial charge in [0, 0.05) is 48.4 Å². The summed E-state index contributed by atoms with van der Waals surface area (Å²) in [6.07, 6.45) is 3.61. The Morgan fingerprint density at radius 3 is 2.75 bits per heavy atom. The number of aromatic nitrogens is 3. The molecule has 0 unspecified atom stereocenters. The van der Waals surface area contributed by atoms with Crippen LogP contribution in [0.4, 0.5) is 0 Å². The molecular formula is C26H24N4O2. The van der Waals surface area contributed by atoms with Gasteiger partial charge in [0.1, 0.15) is 11.3 Å². The van der Waals surface area contributed by atoms with Crippen LogP contribution in [-0.4, -0.2) is 38.4 Å². The Labute approximate surface area is 185 Å². The van der Waals surface area contributed by atoms with Gasteiger partial charge in [-0.1, -0.05) is 36.4 Å². The lowest BCUT2D eigenvalue weighted by Crippen LogP contribution is -2.51. The van der Waals surface area contributed by atoms with Crippen molar-refractivity contribution < 1.29 is 4.79 Å². The molecule has 2 aliphatic heterocycles. The van der Waals surface area contributed by atoms with Crippen LogP contribution in [0.1, 0.15) is 40.1 Å². The number of nitrogens with one attached hydrogen (secondary N) is 1. The fraction of sp³-hybridized carbons (Fsp3) is 0.269. The minimum atomic E-state index is -0.0404. The van der Waals surface area contributed by atoms with Crippen molar-refractivity contribution in [1.29, 1.82) is 0 Å². The molecule has 6 nitrogen and oxygen atoms in total. The normalized spacial score (nSPS) is 22.0. The van der Waals surface area contributed by atoms with Gasteiger partial charge < -0.3 is 14.5 Å². The van der Waals surface area contributed by atoms with Gasteiger partial charge in [-0.15, -0.1) is 0 Å². The summed E-state index contributed by atoms with van der Waals surface area (Å²) in [5.74, 6) is 0.342. The van der Waals surface area contributed by atoms with E-state index < -0.39 is 0 Å². The molecule has 1 saturated heterocycles. The van der Waals surface area contributed by atoms with Crippen LogP contribution in [0.15, 0.2) is 77.7 Å². The lowest BCUT2D eigenvalue weighted by molar-refractivity contribution is 0.0523. The Balaban J connectivity index is 1.36. The number of carbonyl (C=O) groups is 1. The average Bonchev–Trinajstić information content (AvgIpc) is 3.30. The van der Waals surface area contributed by atoms with Crippen LogP contribution >= 0.6 is 0 Å². The Morgan fingerprint density at radius 1 is 1.00 bits per heavy atom. The molecule has 1 fully saturated rings. The minimum absolute atomic E-state index is 0.0341. The van der Waals surface area contributed by atoms with Gasteiger partial charge in [0.15, 0.2) is 0 Å². The van der Waals surface area contributed by atoms with E-state index in [9.17, 15) is 9.59 Å². The molecular weight excluding hydrogens is 400 g/mol. The van der Waals surface area contributed by atoms with Gasteiger partial charge >= 0.3 is 0 Å². The van der Waals surface area contributed by atoms with Crippen molar-refractivity contribution >= 4 is 16.9 Å². The van der Waals surface area contributed by atoms with E-state index in [0.717, 1.165) is 29.6 Å². The minimum Gasteiger partial charge on any atom is -0.346 e. The summed E-state index contributed by atoms with van der Waals surface area (Å²) in [5, 5.41) is 0.994. The third kappa shape index (κ3) is 3.14. The molecule has 0 saturated carbocycles. The zero-order valence-electron chi connectivity index (χ0n) is 17.6. The third-order valence-electron chi connectivity index (χ3n) is 7.00. The summed E-state index contributed by atoms with van der Waals surface area (Å²) in [5.41, 5.74) is 3.49. The number of piperidine rings is 1. The number of hydrogen-bond acceptors (Lipinski definition) is 3. The second-order valence-corrected chi connectivity index (χ2v) is 8.93. The molecule has 6 heteroatoms. The molecule has 1 aromatic carbocycles. The molecule has 3 aromatic heterocycles. The average molecular weight is 425 g/mol. The van der Waals surface area contributed by atoms with Crippen LogP contribution in [0.25, 0.3) is 11.0 Å². The fourth-order valence-electron chi connectivity index (χ4n) is 5.54. The van der Waals surface area contributed by atoms with E-state index in [0.29, 0.717) is 18.8 Å². The fourth-order valence-corrected chi connectivity index (χ4v) is 5.54. The van der Waals surface area contributed by atoms with E-state index >= 15 is 0 Å². The van der Waals surface area contributed by atoms with Crippen LogP contribution in [0.2, 0.25) is 0 Å². The first kappa shape index (κ1) is 19.0. The van der Waals surface area contributed by atoms with Crippen molar-refractivity contribution in [2.75, 3.05) is 13.1 Å². The largest absolute Gasteiger partial charge is 0.346 e. The Hall–Kier alpha value is -3.67. The van der Waals surface area contributed by atoms with Gasteiger partial charge in [0.2, 0.25) is 0 Å². The number of likely N-dealkylation sites (tertiary alicyclic amines) is 1. The number of H-pyrrole nitrogens is 1. The number of amides is 1. The molecule has 1 N–H and O–H groups in total. The Bertz CT molecular complexity index is 1360. The molecule has 0 spiro atoms. The molecule has 160 valence electrons. The lowest BCUT2D eigenvalue weighted by atomic mass is 9.76. The van der Waals surface area contributed by atoms with Crippen LogP contribution in [0, 0.1) is 5.92 Å². The van der Waals surface area contributed by atoms with Crippen LogP contribution in [0.5, 0.6) is 0 Å². The highest BCUT2D eigenvalue weighted by Gasteiger charge is 2.42. The Kier molecular flexibility index (Phi) is 4.45. The van der Waals surface area contributed by atoms with Gasteiger partial charge in [-0.05, 0) is 48.6 Å². The van der Waals surface area contributed by atoms with Crippen molar-refractivity contribution in [2.45, 2.75) is 24.8 Å². The van der Waals surface area contributed by atoms with Crippen molar-refractivity contribution in [3.63, 3.8) is 0 Å². The van der Waals surface area contributed by atoms with Crippen molar-refractivity contribution in [3.05, 3.63) is 100 Å². The molecule has 32 heavy (non-hydrogen) atoms. The first-order valence-corrected chi connectivity index (χ1v) is 11.2. The first-order valence-electron chi connectivity index (χ1n) is 11.2. The molecule has 3 atom stereocenters. The second-order valence-electron chi connectivity index (χ2n) is 8.93. The predicted octanol–water partition coefficient (Wildman–Crippen LogP) is 3.77. The zero-order chi connectivity index (χ0) is 21.7. The number of hydrogen-bond donors (Lipinski definition) is 1. The van der Waals surface area contributed by atoms with E-state index in [1.54, 1.807) is 6.07 Å². The number of pyridine rings is 2. The maximum atomic E-state index is 13.4. The molecule has 1 amide bonds. The highest BCUT2D eigenvalue weighted by atomic mass is 16.2. The van der Waals surface area contributed by atoms with Crippen molar-refractivity contribution in [3.8, 4) is 0 Å². The summed E-state index contributed by atoms with van der Waals surface area (Å²) in [6.45, 7) is 1.25. The SMILES string of the molecule is O=C(c1ccc2cc[nH]c2n1)N1C[C@H]2C[C@@H](C1)[C@H](Cc1ccccc1)n1c2cccc1=O. The van der Waals surface area contributed by atoms with Gasteiger partial charge in [-0.3, -0.25) is 9.59 Å². The molecule has 0 radical (unpaired) electrons. The summed E-state index contributed by atoms with van der Waals surface area (Å²) < 4.78 is 2.00. The van der Waals surface area contributed by atoms with Gasteiger partial charge in [-0.2, -0.15) is 0 Å². The summed E-state index contributed by atoms with van der Waals surface area (Å²) in [7, 11) is 0. The van der Waals surface area contributed by atoms with E-state index in [1.807, 2.05) is 58.1 Å².